The van der Waals surface area contributed by atoms with Gasteiger partial charge in [0.25, 0.3) is 6.43 Å². The van der Waals surface area contributed by atoms with Crippen molar-refractivity contribution in [3.8, 4) is 0 Å². The Morgan fingerprint density at radius 3 is 2.48 bits per heavy atom. The van der Waals surface area contributed by atoms with Crippen LogP contribution in [0.25, 0.3) is 0 Å². The fourth-order valence-corrected chi connectivity index (χ4v) is 2.28. The summed E-state index contributed by atoms with van der Waals surface area (Å²) in [7, 11) is 3.18. The molecule has 4 nitrogen and oxygen atoms in total. The molecular formula is C15H22F2N2O2. The van der Waals surface area contributed by atoms with Crippen LogP contribution < -0.4 is 5.32 Å². The summed E-state index contributed by atoms with van der Waals surface area (Å²) in [6, 6.07) is 8.99. The van der Waals surface area contributed by atoms with Crippen LogP contribution in [0.5, 0.6) is 0 Å². The second-order valence-corrected chi connectivity index (χ2v) is 4.83. The van der Waals surface area contributed by atoms with Crippen molar-refractivity contribution in [3.05, 3.63) is 35.9 Å². The lowest BCUT2D eigenvalue weighted by atomic mass is 9.89. The minimum absolute atomic E-state index is 0.0939. The molecule has 1 unspecified atom stereocenters. The number of rotatable bonds is 8. The first-order valence-electron chi connectivity index (χ1n) is 6.84. The highest BCUT2D eigenvalue weighted by atomic mass is 19.3. The molecule has 0 heterocycles. The lowest BCUT2D eigenvalue weighted by Crippen LogP contribution is -2.55. The SMILES string of the molecule is CCOC(=O)C(CN(C)CC(F)F)(NC)c1ccccc1. The molecule has 0 spiro atoms. The van der Waals surface area contributed by atoms with Crippen molar-refractivity contribution in [2.45, 2.75) is 18.9 Å². The Balaban J connectivity index is 3.11. The molecule has 1 rings (SSSR count). The highest BCUT2D eigenvalue weighted by Gasteiger charge is 2.41. The number of nitrogens with one attached hydrogen (secondary N) is 1. The number of hydrogen-bond acceptors (Lipinski definition) is 4. The van der Waals surface area contributed by atoms with Crippen molar-refractivity contribution in [2.75, 3.05) is 33.8 Å². The Hall–Kier alpha value is -1.53. The summed E-state index contributed by atoms with van der Waals surface area (Å²) in [5.41, 5.74) is -0.479. The van der Waals surface area contributed by atoms with Crippen molar-refractivity contribution < 1.29 is 18.3 Å². The van der Waals surface area contributed by atoms with E-state index in [1.807, 2.05) is 6.07 Å². The Morgan fingerprint density at radius 2 is 2.00 bits per heavy atom. The molecule has 0 saturated heterocycles. The number of carbonyl (C=O) groups is 1. The van der Waals surface area contributed by atoms with E-state index in [0.717, 1.165) is 0 Å². The van der Waals surface area contributed by atoms with E-state index in [1.165, 1.54) is 4.90 Å². The maximum Gasteiger partial charge on any atom is 0.332 e. The van der Waals surface area contributed by atoms with Gasteiger partial charge in [0.2, 0.25) is 0 Å². The standard InChI is InChI=1S/C15H22F2N2O2/c1-4-21-14(20)15(18-2,11-19(3)10-13(16)17)12-8-6-5-7-9-12/h5-9,13,18H,4,10-11H2,1-3H3. The van der Waals surface area contributed by atoms with E-state index in [-0.39, 0.29) is 13.2 Å². The maximum atomic E-state index is 12.5. The number of alkyl halides is 2. The minimum atomic E-state index is -2.46. The van der Waals surface area contributed by atoms with Crippen LogP contribution in [0.15, 0.2) is 30.3 Å². The van der Waals surface area contributed by atoms with Gasteiger partial charge in [-0.15, -0.1) is 0 Å². The number of carbonyl (C=O) groups excluding carboxylic acids is 1. The zero-order chi connectivity index (χ0) is 15.9. The Kier molecular flexibility index (Phi) is 6.71. The van der Waals surface area contributed by atoms with Crippen molar-refractivity contribution in [2.24, 2.45) is 0 Å². The third-order valence-corrected chi connectivity index (χ3v) is 3.27. The second kappa shape index (κ2) is 8.05. The van der Waals surface area contributed by atoms with Crippen LogP contribution in [0, 0.1) is 0 Å². The zero-order valence-corrected chi connectivity index (χ0v) is 12.6. The van der Waals surface area contributed by atoms with Gasteiger partial charge in [0.15, 0.2) is 5.54 Å². The van der Waals surface area contributed by atoms with Gasteiger partial charge in [-0.1, -0.05) is 30.3 Å². The van der Waals surface area contributed by atoms with Crippen LogP contribution in [-0.2, 0) is 15.1 Å². The molecule has 0 fully saturated rings. The Morgan fingerprint density at radius 1 is 1.38 bits per heavy atom. The molecule has 0 aliphatic heterocycles. The molecular weight excluding hydrogens is 278 g/mol. The molecule has 0 aliphatic rings. The number of ether oxygens (including phenoxy) is 1. The average molecular weight is 300 g/mol. The van der Waals surface area contributed by atoms with E-state index >= 15 is 0 Å². The first-order chi connectivity index (χ1) is 9.96. The predicted molar refractivity (Wildman–Crippen MR) is 77.3 cm³/mol. The lowest BCUT2D eigenvalue weighted by Gasteiger charge is -2.35. The smallest absolute Gasteiger partial charge is 0.332 e. The molecule has 0 amide bonds. The largest absolute Gasteiger partial charge is 0.464 e. The fraction of sp³-hybridized carbons (Fsp3) is 0.533. The monoisotopic (exact) mass is 300 g/mol. The number of hydrogen-bond donors (Lipinski definition) is 1. The Bertz CT molecular complexity index is 443. The number of nitrogens with zero attached hydrogens (tertiary/aromatic N) is 1. The third-order valence-electron chi connectivity index (χ3n) is 3.27. The zero-order valence-electron chi connectivity index (χ0n) is 12.6. The van der Waals surface area contributed by atoms with Gasteiger partial charge in [0.05, 0.1) is 13.2 Å². The van der Waals surface area contributed by atoms with Gasteiger partial charge in [-0.3, -0.25) is 4.90 Å². The van der Waals surface area contributed by atoms with E-state index in [1.54, 1.807) is 45.3 Å². The normalized spacial score (nSPS) is 14.2. The van der Waals surface area contributed by atoms with Crippen molar-refractivity contribution >= 4 is 5.97 Å². The number of benzene rings is 1. The molecule has 0 aromatic heterocycles. The highest BCUT2D eigenvalue weighted by Crippen LogP contribution is 2.24. The average Bonchev–Trinajstić information content (AvgIpc) is 2.45. The summed E-state index contributed by atoms with van der Waals surface area (Å²) in [6.45, 7) is 1.63. The Labute approximate surface area is 124 Å². The van der Waals surface area contributed by atoms with E-state index < -0.39 is 24.5 Å². The van der Waals surface area contributed by atoms with Crippen LogP contribution in [-0.4, -0.2) is 51.1 Å². The van der Waals surface area contributed by atoms with Crippen LogP contribution in [0.1, 0.15) is 12.5 Å². The van der Waals surface area contributed by atoms with Gasteiger partial charge in [-0.05, 0) is 26.6 Å². The summed E-state index contributed by atoms with van der Waals surface area (Å²) < 4.78 is 30.2. The third kappa shape index (κ3) is 4.47. The summed E-state index contributed by atoms with van der Waals surface area (Å²) in [4.78, 5) is 13.8. The molecule has 0 aliphatic carbocycles. The van der Waals surface area contributed by atoms with Crippen LogP contribution in [0.4, 0.5) is 8.78 Å². The second-order valence-electron chi connectivity index (χ2n) is 4.83. The van der Waals surface area contributed by atoms with Gasteiger partial charge < -0.3 is 10.1 Å². The molecule has 1 atom stereocenters. The quantitative estimate of drug-likeness (QED) is 0.744. The molecule has 0 bridgehead atoms. The van der Waals surface area contributed by atoms with Crippen LogP contribution in [0.2, 0.25) is 0 Å². The number of esters is 1. The molecule has 1 aromatic rings. The fourth-order valence-electron chi connectivity index (χ4n) is 2.28. The van der Waals surface area contributed by atoms with Gasteiger partial charge in [-0.25, -0.2) is 13.6 Å². The molecule has 21 heavy (non-hydrogen) atoms. The van der Waals surface area contributed by atoms with Crippen LogP contribution >= 0.6 is 0 Å². The molecule has 6 heteroatoms. The van der Waals surface area contributed by atoms with Gasteiger partial charge in [0, 0.05) is 6.54 Å². The van der Waals surface area contributed by atoms with E-state index in [4.69, 9.17) is 4.74 Å². The number of likely N-dealkylation sites (N-methyl/N-ethyl adjacent to an activating group) is 2. The molecule has 0 saturated carbocycles. The lowest BCUT2D eigenvalue weighted by molar-refractivity contribution is -0.152. The first kappa shape index (κ1) is 17.5. The predicted octanol–water partition coefficient (Wildman–Crippen LogP) is 1.86. The highest BCUT2D eigenvalue weighted by molar-refractivity contribution is 5.83. The van der Waals surface area contributed by atoms with Gasteiger partial charge in [0.1, 0.15) is 0 Å². The van der Waals surface area contributed by atoms with Gasteiger partial charge >= 0.3 is 5.97 Å². The number of halogens is 2. The van der Waals surface area contributed by atoms with E-state index in [2.05, 4.69) is 5.32 Å². The van der Waals surface area contributed by atoms with Crippen LogP contribution in [0.3, 0.4) is 0 Å². The van der Waals surface area contributed by atoms with Gasteiger partial charge in [-0.2, -0.15) is 0 Å². The molecule has 1 N–H and O–H groups in total. The van der Waals surface area contributed by atoms with Crippen molar-refractivity contribution in [3.63, 3.8) is 0 Å². The summed E-state index contributed by atoms with van der Waals surface area (Å²) in [5.74, 6) is -0.472. The first-order valence-corrected chi connectivity index (χ1v) is 6.84. The molecule has 118 valence electrons. The van der Waals surface area contributed by atoms with E-state index in [0.29, 0.717) is 5.56 Å². The van der Waals surface area contributed by atoms with Crippen molar-refractivity contribution in [1.82, 2.24) is 10.2 Å². The van der Waals surface area contributed by atoms with E-state index in [9.17, 15) is 13.6 Å². The minimum Gasteiger partial charge on any atom is -0.464 e. The summed E-state index contributed by atoms with van der Waals surface area (Å²) >= 11 is 0. The topological polar surface area (TPSA) is 41.6 Å². The molecule has 1 aromatic carbocycles. The summed E-state index contributed by atoms with van der Waals surface area (Å²) in [6.07, 6.45) is -2.46. The summed E-state index contributed by atoms with van der Waals surface area (Å²) in [5, 5.41) is 2.96. The van der Waals surface area contributed by atoms with Crippen molar-refractivity contribution in [1.29, 1.82) is 0 Å². The molecule has 0 radical (unpaired) electrons. The maximum absolute atomic E-state index is 12.5.